The first kappa shape index (κ1) is 30.4. The second-order valence-electron chi connectivity index (χ2n) is 9.14. The van der Waals surface area contributed by atoms with Crippen molar-refractivity contribution in [2.24, 2.45) is 0 Å². The van der Waals surface area contributed by atoms with E-state index in [0.29, 0.717) is 50.3 Å². The number of aryl methyl sites for hydroxylation is 1. The van der Waals surface area contributed by atoms with E-state index in [0.717, 1.165) is 17.3 Å². The molecular weight excluding hydrogens is 532 g/mol. The smallest absolute Gasteiger partial charge is 0.318 e. The van der Waals surface area contributed by atoms with Crippen LogP contribution in [0.1, 0.15) is 24.5 Å². The van der Waals surface area contributed by atoms with Crippen LogP contribution in [0.3, 0.4) is 0 Å². The number of aromatic nitrogens is 2. The van der Waals surface area contributed by atoms with Gasteiger partial charge in [-0.25, -0.2) is 9.78 Å². The van der Waals surface area contributed by atoms with Gasteiger partial charge in [0.2, 0.25) is 5.91 Å². The van der Waals surface area contributed by atoms with Gasteiger partial charge in [-0.15, -0.1) is 0 Å². The van der Waals surface area contributed by atoms with Crippen molar-refractivity contribution in [1.82, 2.24) is 25.1 Å². The molecule has 0 aliphatic heterocycles. The van der Waals surface area contributed by atoms with Crippen LogP contribution in [0.2, 0.25) is 0 Å². The molecule has 2 aromatic carbocycles. The number of nitro benzene ring substituents is 1. The van der Waals surface area contributed by atoms with Gasteiger partial charge in [0, 0.05) is 69.8 Å². The van der Waals surface area contributed by atoms with Crippen molar-refractivity contribution in [1.29, 1.82) is 0 Å². The van der Waals surface area contributed by atoms with Crippen LogP contribution in [-0.2, 0) is 29.0 Å². The lowest BCUT2D eigenvalue weighted by Gasteiger charge is -2.26. The predicted octanol–water partition coefficient (Wildman–Crippen LogP) is 3.44. The van der Waals surface area contributed by atoms with E-state index in [1.54, 1.807) is 29.6 Å². The summed E-state index contributed by atoms with van der Waals surface area (Å²) in [5.74, 6) is 0.0869. The molecule has 40 heavy (non-hydrogen) atoms. The highest BCUT2D eigenvalue weighted by Gasteiger charge is 2.24. The maximum atomic E-state index is 13.4. The average Bonchev–Trinajstić information content (AvgIpc) is 3.46. The summed E-state index contributed by atoms with van der Waals surface area (Å²) in [6.07, 6.45) is 6.68. The number of amides is 3. The Bertz CT molecular complexity index is 1240. The summed E-state index contributed by atoms with van der Waals surface area (Å²) in [4.78, 5) is 54.2. The number of carbonyl (C=O) groups is 3. The molecule has 0 saturated carbocycles. The maximum Gasteiger partial charge on any atom is 0.318 e. The van der Waals surface area contributed by atoms with Crippen LogP contribution in [0.25, 0.3) is 0 Å². The minimum absolute atomic E-state index is 0.0328. The van der Waals surface area contributed by atoms with Gasteiger partial charge in [-0.1, -0.05) is 54.2 Å². The van der Waals surface area contributed by atoms with Crippen LogP contribution in [0.15, 0.2) is 73.3 Å². The highest BCUT2D eigenvalue weighted by Crippen LogP contribution is 2.14. The topological polar surface area (TPSA) is 139 Å². The van der Waals surface area contributed by atoms with Crippen molar-refractivity contribution in [2.45, 2.75) is 38.8 Å². The van der Waals surface area contributed by atoms with Gasteiger partial charge in [-0.2, -0.15) is 0 Å². The molecule has 3 rings (SSSR count). The van der Waals surface area contributed by atoms with E-state index in [2.05, 4.69) is 15.6 Å². The molecule has 1 aromatic heterocycles. The Kier molecular flexibility index (Phi) is 12.2. The Hall–Kier alpha value is -4.19. The molecule has 0 aliphatic carbocycles. The molecule has 1 atom stereocenters. The lowest BCUT2D eigenvalue weighted by atomic mass is 10.0. The third kappa shape index (κ3) is 10.5. The number of non-ortho nitro benzene ring substituents is 1. The van der Waals surface area contributed by atoms with Crippen molar-refractivity contribution in [2.75, 3.05) is 25.4 Å². The van der Waals surface area contributed by atoms with Crippen LogP contribution < -0.4 is 10.6 Å². The number of hydrogen-bond acceptors (Lipinski definition) is 7. The van der Waals surface area contributed by atoms with Gasteiger partial charge < -0.3 is 20.1 Å². The first-order chi connectivity index (χ1) is 19.3. The van der Waals surface area contributed by atoms with Crippen LogP contribution >= 0.6 is 11.8 Å². The van der Waals surface area contributed by atoms with Gasteiger partial charge >= 0.3 is 6.03 Å². The molecule has 0 aliphatic rings. The summed E-state index contributed by atoms with van der Waals surface area (Å²) in [6, 6.07) is 14.4. The average molecular weight is 567 g/mol. The number of carbonyl (C=O) groups excluding carboxylic acids is 3. The third-order valence-corrected chi connectivity index (χ3v) is 6.91. The zero-order valence-corrected chi connectivity index (χ0v) is 23.2. The SMILES string of the molecule is CC(=O)SCCN(CCc1ccccc1)C(=O)N[C@@H](Cc1ccc([N+](=O)[O-])cc1)C(=O)NCCCn1ccnc1. The summed E-state index contributed by atoms with van der Waals surface area (Å²) in [7, 11) is 0. The quantitative estimate of drug-likeness (QED) is 0.163. The molecule has 3 aromatic rings. The molecule has 0 fully saturated rings. The van der Waals surface area contributed by atoms with E-state index in [-0.39, 0.29) is 23.1 Å². The minimum Gasteiger partial charge on any atom is -0.354 e. The predicted molar refractivity (Wildman–Crippen MR) is 154 cm³/mol. The Morgan fingerprint density at radius 2 is 1.82 bits per heavy atom. The van der Waals surface area contributed by atoms with E-state index in [4.69, 9.17) is 0 Å². The molecule has 212 valence electrons. The first-order valence-electron chi connectivity index (χ1n) is 13.0. The molecular formula is C28H34N6O5S. The Balaban J connectivity index is 1.68. The fourth-order valence-electron chi connectivity index (χ4n) is 3.98. The number of hydrogen-bond donors (Lipinski definition) is 2. The highest BCUT2D eigenvalue weighted by molar-refractivity contribution is 8.13. The molecule has 2 N–H and O–H groups in total. The molecule has 0 spiro atoms. The largest absolute Gasteiger partial charge is 0.354 e. The summed E-state index contributed by atoms with van der Waals surface area (Å²) in [6.45, 7) is 3.30. The van der Waals surface area contributed by atoms with Gasteiger partial charge in [0.25, 0.3) is 5.69 Å². The standard InChI is InChI=1S/C28H34N6O5S/c1-22(35)40-19-18-33(16-12-23-6-3-2-4-7-23)28(37)31-26(20-24-8-10-25(11-9-24)34(38)39)27(36)30-13-5-15-32-17-14-29-21-32/h2-4,6-11,14,17,21,26H,5,12-13,15-16,18-20H2,1H3,(H,30,36)(H,31,37)/t26-/m0/s1. The van der Waals surface area contributed by atoms with E-state index in [1.165, 1.54) is 19.1 Å². The fraction of sp³-hybridized carbons (Fsp3) is 0.357. The molecule has 11 nitrogen and oxygen atoms in total. The number of rotatable bonds is 15. The molecule has 3 amide bonds. The van der Waals surface area contributed by atoms with E-state index in [9.17, 15) is 24.5 Å². The summed E-state index contributed by atoms with van der Waals surface area (Å²) >= 11 is 1.14. The van der Waals surface area contributed by atoms with Crippen molar-refractivity contribution in [3.8, 4) is 0 Å². The van der Waals surface area contributed by atoms with Gasteiger partial charge in [0.15, 0.2) is 5.12 Å². The Morgan fingerprint density at radius 1 is 1.07 bits per heavy atom. The van der Waals surface area contributed by atoms with Crippen molar-refractivity contribution in [3.05, 3.63) is 94.6 Å². The highest BCUT2D eigenvalue weighted by atomic mass is 32.2. The normalized spacial score (nSPS) is 11.4. The van der Waals surface area contributed by atoms with Gasteiger partial charge in [-0.3, -0.25) is 19.7 Å². The van der Waals surface area contributed by atoms with Gasteiger partial charge in [0.1, 0.15) is 6.04 Å². The summed E-state index contributed by atoms with van der Waals surface area (Å²) in [5.41, 5.74) is 1.69. The van der Waals surface area contributed by atoms with Crippen molar-refractivity contribution < 1.29 is 19.3 Å². The Morgan fingerprint density at radius 3 is 2.48 bits per heavy atom. The number of nitrogens with one attached hydrogen (secondary N) is 2. The number of thioether (sulfide) groups is 1. The van der Waals surface area contributed by atoms with Crippen LogP contribution in [0.4, 0.5) is 10.5 Å². The van der Waals surface area contributed by atoms with Crippen molar-refractivity contribution in [3.63, 3.8) is 0 Å². The lowest BCUT2D eigenvalue weighted by Crippen LogP contribution is -2.53. The number of benzene rings is 2. The number of nitro groups is 1. The van der Waals surface area contributed by atoms with Crippen LogP contribution in [0.5, 0.6) is 0 Å². The minimum atomic E-state index is -0.901. The van der Waals surface area contributed by atoms with Crippen LogP contribution in [-0.4, -0.2) is 67.9 Å². The van der Waals surface area contributed by atoms with Crippen LogP contribution in [0, 0.1) is 10.1 Å². The monoisotopic (exact) mass is 566 g/mol. The molecule has 1 heterocycles. The fourth-order valence-corrected chi connectivity index (χ4v) is 4.58. The second-order valence-corrected chi connectivity index (χ2v) is 10.4. The zero-order valence-electron chi connectivity index (χ0n) is 22.4. The van der Waals surface area contributed by atoms with Gasteiger partial charge in [0.05, 0.1) is 11.3 Å². The molecule has 12 heteroatoms. The third-order valence-electron chi connectivity index (χ3n) is 6.12. The maximum absolute atomic E-state index is 13.4. The van der Waals surface area contributed by atoms with E-state index < -0.39 is 17.0 Å². The van der Waals surface area contributed by atoms with Gasteiger partial charge in [-0.05, 0) is 24.0 Å². The zero-order chi connectivity index (χ0) is 28.7. The molecule has 0 radical (unpaired) electrons. The molecule has 0 unspecified atom stereocenters. The Labute approximate surface area is 237 Å². The number of nitrogens with zero attached hydrogens (tertiary/aromatic N) is 4. The second kappa shape index (κ2) is 16.0. The van der Waals surface area contributed by atoms with Crippen molar-refractivity contribution >= 4 is 34.5 Å². The first-order valence-corrected chi connectivity index (χ1v) is 14.0. The number of imidazole rings is 1. The van der Waals surface area contributed by atoms with E-state index >= 15 is 0 Å². The summed E-state index contributed by atoms with van der Waals surface area (Å²) < 4.78 is 1.91. The lowest BCUT2D eigenvalue weighted by molar-refractivity contribution is -0.384. The van der Waals surface area contributed by atoms with E-state index in [1.807, 2.05) is 41.1 Å². The number of urea groups is 1. The molecule has 0 bridgehead atoms. The summed E-state index contributed by atoms with van der Waals surface area (Å²) in [5, 5.41) is 16.8. The molecule has 0 saturated heterocycles.